The third-order valence-corrected chi connectivity index (χ3v) is 7.11. The molecule has 0 spiro atoms. The molecule has 1 aromatic heterocycles. The van der Waals surface area contributed by atoms with Crippen molar-refractivity contribution < 1.29 is 4.79 Å². The van der Waals surface area contributed by atoms with E-state index in [4.69, 9.17) is 10.7 Å². The zero-order valence-corrected chi connectivity index (χ0v) is 21.7. The SMILES string of the molecule is CCN(C)CCC(C#N)c1ccccn1.N=CN(C(=O)c1ccc2c(c1)=CCCC=2)C1CCCCC1. The number of benzene rings is 1. The van der Waals surface area contributed by atoms with E-state index in [1.807, 2.05) is 36.4 Å². The van der Waals surface area contributed by atoms with Crippen molar-refractivity contribution in [1.82, 2.24) is 14.8 Å². The first-order valence-corrected chi connectivity index (χ1v) is 13.2. The zero-order chi connectivity index (χ0) is 25.8. The molecule has 1 N–H and O–H groups in total. The highest BCUT2D eigenvalue weighted by atomic mass is 16.2. The maximum Gasteiger partial charge on any atom is 0.259 e. The van der Waals surface area contributed by atoms with Gasteiger partial charge in [-0.3, -0.25) is 20.1 Å². The van der Waals surface area contributed by atoms with Crippen LogP contribution >= 0.6 is 0 Å². The van der Waals surface area contributed by atoms with Crippen LogP contribution in [0.3, 0.4) is 0 Å². The van der Waals surface area contributed by atoms with Crippen LogP contribution in [0.15, 0.2) is 42.6 Å². The molecule has 0 aliphatic heterocycles. The number of carbonyl (C=O) groups is 1. The molecule has 36 heavy (non-hydrogen) atoms. The van der Waals surface area contributed by atoms with Crippen molar-refractivity contribution in [3.63, 3.8) is 0 Å². The second kappa shape index (κ2) is 14.3. The normalized spacial score (nSPS) is 15.7. The molecule has 1 atom stereocenters. The minimum atomic E-state index is -0.0831. The molecule has 190 valence electrons. The van der Waals surface area contributed by atoms with Crippen molar-refractivity contribution in [2.75, 3.05) is 20.1 Å². The van der Waals surface area contributed by atoms with E-state index < -0.39 is 0 Å². The average Bonchev–Trinajstić information content (AvgIpc) is 2.95. The molecule has 0 bridgehead atoms. The molecule has 0 radical (unpaired) electrons. The number of amides is 1. The molecule has 4 rings (SSSR count). The Balaban J connectivity index is 0.000000214. The van der Waals surface area contributed by atoms with E-state index in [1.165, 1.54) is 18.0 Å². The number of nitrogens with zero attached hydrogens (tertiary/aromatic N) is 4. The number of carbonyl (C=O) groups excluding carboxylic acids is 1. The van der Waals surface area contributed by atoms with Gasteiger partial charge in [0, 0.05) is 17.8 Å². The minimum absolute atomic E-state index is 0.0290. The molecule has 2 aliphatic carbocycles. The standard InChI is InChI=1S/C18H22N2O.C12H17N3/c19-13-20(17-8-2-1-3-9-17)18(21)16-11-10-14-6-4-5-7-15(14)12-16;1-3-15(2)9-7-11(10-13)12-6-4-5-8-14-12/h6-7,10-13,17,19H,1-5,8-9H2;4-6,8,11H,3,7,9H2,1-2H3. The van der Waals surface area contributed by atoms with Gasteiger partial charge in [0.2, 0.25) is 0 Å². The summed E-state index contributed by atoms with van der Waals surface area (Å²) in [7, 11) is 2.06. The van der Waals surface area contributed by atoms with Crippen LogP contribution in [0.1, 0.15) is 80.3 Å². The van der Waals surface area contributed by atoms with Crippen LogP contribution in [0.25, 0.3) is 12.2 Å². The van der Waals surface area contributed by atoms with Crippen molar-refractivity contribution >= 4 is 24.4 Å². The van der Waals surface area contributed by atoms with E-state index in [2.05, 4.69) is 42.1 Å². The first-order chi connectivity index (χ1) is 17.6. The smallest absolute Gasteiger partial charge is 0.259 e. The summed E-state index contributed by atoms with van der Waals surface area (Å²) >= 11 is 0. The predicted octanol–water partition coefficient (Wildman–Crippen LogP) is 4.45. The van der Waals surface area contributed by atoms with E-state index in [1.54, 1.807) is 11.1 Å². The van der Waals surface area contributed by atoms with Gasteiger partial charge in [0.1, 0.15) is 0 Å². The third-order valence-electron chi connectivity index (χ3n) is 7.11. The first-order valence-electron chi connectivity index (χ1n) is 13.2. The van der Waals surface area contributed by atoms with Crippen molar-refractivity contribution in [1.29, 1.82) is 10.7 Å². The third kappa shape index (κ3) is 7.60. The number of nitrogens with one attached hydrogen (secondary N) is 1. The number of nitriles is 1. The molecular weight excluding hydrogens is 446 g/mol. The van der Waals surface area contributed by atoms with Gasteiger partial charge in [-0.05, 0) is 86.9 Å². The summed E-state index contributed by atoms with van der Waals surface area (Å²) in [6.07, 6.45) is 16.0. The van der Waals surface area contributed by atoms with Gasteiger partial charge in [-0.15, -0.1) is 0 Å². The number of hydrogen-bond acceptors (Lipinski definition) is 5. The second-order valence-corrected chi connectivity index (χ2v) is 9.58. The summed E-state index contributed by atoms with van der Waals surface area (Å²) in [5.74, 6) is -0.112. The van der Waals surface area contributed by atoms with E-state index in [-0.39, 0.29) is 17.9 Å². The molecule has 1 heterocycles. The Kier molecular flexibility index (Phi) is 10.8. The molecule has 2 aliphatic rings. The predicted molar refractivity (Wildman–Crippen MR) is 146 cm³/mol. The molecule has 0 saturated heterocycles. The molecule has 2 aromatic rings. The van der Waals surface area contributed by atoms with Gasteiger partial charge < -0.3 is 4.90 Å². The lowest BCUT2D eigenvalue weighted by Crippen LogP contribution is -2.41. The molecule has 1 amide bonds. The molecule has 6 nitrogen and oxygen atoms in total. The largest absolute Gasteiger partial charge is 0.307 e. The van der Waals surface area contributed by atoms with Crippen molar-refractivity contribution in [3.8, 4) is 6.07 Å². The highest BCUT2D eigenvalue weighted by molar-refractivity contribution is 6.00. The van der Waals surface area contributed by atoms with Crippen molar-refractivity contribution in [2.45, 2.75) is 70.3 Å². The molecule has 1 aromatic carbocycles. The summed E-state index contributed by atoms with van der Waals surface area (Å²) in [6.45, 7) is 4.06. The number of pyridine rings is 1. The Hall–Kier alpha value is -3.30. The Morgan fingerprint density at radius 3 is 2.56 bits per heavy atom. The van der Waals surface area contributed by atoms with Crippen LogP contribution in [0.5, 0.6) is 0 Å². The second-order valence-electron chi connectivity index (χ2n) is 9.58. The summed E-state index contributed by atoms with van der Waals surface area (Å²) in [6, 6.07) is 14.1. The molecule has 1 saturated carbocycles. The Labute approximate surface area is 215 Å². The zero-order valence-electron chi connectivity index (χ0n) is 21.7. The van der Waals surface area contributed by atoms with Gasteiger partial charge in [0.05, 0.1) is 24.0 Å². The van der Waals surface area contributed by atoms with Crippen LogP contribution in [-0.2, 0) is 0 Å². The fourth-order valence-electron chi connectivity index (χ4n) is 4.75. The summed E-state index contributed by atoms with van der Waals surface area (Å²) in [4.78, 5) is 20.8. The van der Waals surface area contributed by atoms with Crippen LogP contribution in [-0.4, -0.2) is 53.2 Å². The quantitative estimate of drug-likeness (QED) is 0.442. The van der Waals surface area contributed by atoms with Gasteiger partial charge in [-0.25, -0.2) is 0 Å². The number of rotatable bonds is 8. The Morgan fingerprint density at radius 2 is 1.92 bits per heavy atom. The summed E-state index contributed by atoms with van der Waals surface area (Å²) in [5.41, 5.74) is 1.58. The van der Waals surface area contributed by atoms with Crippen LogP contribution < -0.4 is 10.4 Å². The maximum atomic E-state index is 12.7. The fourth-order valence-corrected chi connectivity index (χ4v) is 4.75. The minimum Gasteiger partial charge on any atom is -0.307 e. The Bertz CT molecular complexity index is 1150. The lowest BCUT2D eigenvalue weighted by atomic mass is 9.94. The Morgan fingerprint density at radius 1 is 1.17 bits per heavy atom. The van der Waals surface area contributed by atoms with E-state index in [9.17, 15) is 4.79 Å². The van der Waals surface area contributed by atoms with Gasteiger partial charge in [-0.2, -0.15) is 5.26 Å². The average molecular weight is 486 g/mol. The fraction of sp³-hybridized carbons (Fsp3) is 0.467. The number of fused-ring (bicyclic) bond motifs is 1. The van der Waals surface area contributed by atoms with Crippen LogP contribution in [0, 0.1) is 16.7 Å². The lowest BCUT2D eigenvalue weighted by Gasteiger charge is -2.30. The number of aromatic nitrogens is 1. The molecular formula is C30H39N5O. The van der Waals surface area contributed by atoms with E-state index >= 15 is 0 Å². The highest BCUT2D eigenvalue weighted by Crippen LogP contribution is 2.23. The van der Waals surface area contributed by atoms with E-state index in [0.717, 1.165) is 68.9 Å². The van der Waals surface area contributed by atoms with E-state index in [0.29, 0.717) is 5.56 Å². The summed E-state index contributed by atoms with van der Waals surface area (Å²) < 4.78 is 0. The molecule has 6 heteroatoms. The molecule has 1 unspecified atom stereocenters. The lowest BCUT2D eigenvalue weighted by molar-refractivity contribution is 0.0783. The first kappa shape index (κ1) is 27.3. The summed E-state index contributed by atoms with van der Waals surface area (Å²) in [5, 5.41) is 19.1. The highest BCUT2D eigenvalue weighted by Gasteiger charge is 2.25. The topological polar surface area (TPSA) is 84.1 Å². The van der Waals surface area contributed by atoms with Gasteiger partial charge in [0.25, 0.3) is 5.91 Å². The van der Waals surface area contributed by atoms with Crippen molar-refractivity contribution in [3.05, 3.63) is 64.3 Å². The monoisotopic (exact) mass is 485 g/mol. The maximum absolute atomic E-state index is 12.7. The van der Waals surface area contributed by atoms with Crippen LogP contribution in [0.4, 0.5) is 0 Å². The van der Waals surface area contributed by atoms with Gasteiger partial charge in [0.15, 0.2) is 0 Å². The van der Waals surface area contributed by atoms with Gasteiger partial charge >= 0.3 is 0 Å². The molecule has 1 fully saturated rings. The van der Waals surface area contributed by atoms with Crippen molar-refractivity contribution in [2.24, 2.45) is 0 Å². The van der Waals surface area contributed by atoms with Gasteiger partial charge in [-0.1, -0.05) is 50.5 Å². The van der Waals surface area contributed by atoms with Crippen LogP contribution in [0.2, 0.25) is 0 Å². The number of hydrogen-bond donors (Lipinski definition) is 1.